The largest absolute Gasteiger partial charge is 0.465 e. The minimum absolute atomic E-state index is 0.0619. The number of methoxy groups -OCH3 is 1. The standard InChI is InChI=1S/C20H20FN3O5/c1-29-20(26)17-13-16(24(27)28)6-7-18(17)22-8-10-23(11-9-22)19(25)12-14-2-4-15(21)5-3-14/h2-7,13H,8-12H2,1H3. The maximum absolute atomic E-state index is 13.0. The first-order valence-corrected chi connectivity index (χ1v) is 9.03. The van der Waals surface area contributed by atoms with Crippen LogP contribution in [0.2, 0.25) is 0 Å². The van der Waals surface area contributed by atoms with Crippen LogP contribution in [0.1, 0.15) is 15.9 Å². The van der Waals surface area contributed by atoms with E-state index in [2.05, 4.69) is 0 Å². The van der Waals surface area contributed by atoms with Crippen LogP contribution < -0.4 is 4.90 Å². The number of non-ortho nitro benzene ring substituents is 1. The molecule has 1 aliphatic heterocycles. The summed E-state index contributed by atoms with van der Waals surface area (Å²) in [6.45, 7) is 1.82. The first-order valence-electron chi connectivity index (χ1n) is 9.03. The van der Waals surface area contributed by atoms with Crippen LogP contribution in [0, 0.1) is 15.9 Å². The molecule has 0 unspecified atom stereocenters. The number of benzene rings is 2. The van der Waals surface area contributed by atoms with E-state index >= 15 is 0 Å². The highest BCUT2D eigenvalue weighted by Crippen LogP contribution is 2.27. The van der Waals surface area contributed by atoms with Gasteiger partial charge in [-0.25, -0.2) is 9.18 Å². The van der Waals surface area contributed by atoms with E-state index in [9.17, 15) is 24.1 Å². The number of nitro groups is 1. The van der Waals surface area contributed by atoms with Crippen LogP contribution in [0.15, 0.2) is 42.5 Å². The van der Waals surface area contributed by atoms with Crippen molar-refractivity contribution in [3.05, 3.63) is 69.5 Å². The average Bonchev–Trinajstić information content (AvgIpc) is 2.74. The number of rotatable bonds is 5. The van der Waals surface area contributed by atoms with Crippen LogP contribution in [0.25, 0.3) is 0 Å². The van der Waals surface area contributed by atoms with Gasteiger partial charge in [0.2, 0.25) is 5.91 Å². The zero-order chi connectivity index (χ0) is 21.0. The highest BCUT2D eigenvalue weighted by molar-refractivity contribution is 5.96. The van der Waals surface area contributed by atoms with Crippen molar-refractivity contribution in [3.8, 4) is 0 Å². The van der Waals surface area contributed by atoms with Gasteiger partial charge in [0, 0.05) is 38.3 Å². The van der Waals surface area contributed by atoms with E-state index in [1.807, 2.05) is 4.90 Å². The molecule has 3 rings (SSSR count). The summed E-state index contributed by atoms with van der Waals surface area (Å²) in [6, 6.07) is 9.89. The number of ether oxygens (including phenoxy) is 1. The average molecular weight is 401 g/mol. The summed E-state index contributed by atoms with van der Waals surface area (Å²) in [6.07, 6.45) is 0.186. The van der Waals surface area contributed by atoms with Crippen molar-refractivity contribution in [2.75, 3.05) is 38.2 Å². The lowest BCUT2D eigenvalue weighted by atomic mass is 10.1. The molecule has 1 heterocycles. The molecule has 2 aromatic carbocycles. The molecule has 1 saturated heterocycles. The molecule has 152 valence electrons. The summed E-state index contributed by atoms with van der Waals surface area (Å²) < 4.78 is 17.8. The summed E-state index contributed by atoms with van der Waals surface area (Å²) in [5.41, 5.74) is 1.20. The number of amides is 1. The minimum Gasteiger partial charge on any atom is -0.465 e. The Morgan fingerprint density at radius 3 is 2.34 bits per heavy atom. The second-order valence-corrected chi connectivity index (χ2v) is 6.62. The van der Waals surface area contributed by atoms with Gasteiger partial charge in [0.25, 0.3) is 5.69 Å². The number of anilines is 1. The monoisotopic (exact) mass is 401 g/mol. The van der Waals surface area contributed by atoms with Crippen molar-refractivity contribution in [2.45, 2.75) is 6.42 Å². The molecule has 0 aliphatic carbocycles. The molecule has 0 aromatic heterocycles. The third kappa shape index (κ3) is 4.68. The lowest BCUT2D eigenvalue weighted by Crippen LogP contribution is -2.49. The Labute approximate surface area is 166 Å². The molecule has 2 aromatic rings. The summed E-state index contributed by atoms with van der Waals surface area (Å²) >= 11 is 0. The van der Waals surface area contributed by atoms with E-state index in [1.54, 1.807) is 17.0 Å². The van der Waals surface area contributed by atoms with E-state index in [0.717, 1.165) is 5.56 Å². The number of nitrogens with zero attached hydrogens (tertiary/aromatic N) is 3. The second-order valence-electron chi connectivity index (χ2n) is 6.62. The maximum Gasteiger partial charge on any atom is 0.340 e. The van der Waals surface area contributed by atoms with E-state index in [-0.39, 0.29) is 29.4 Å². The summed E-state index contributed by atoms with van der Waals surface area (Å²) in [5, 5.41) is 11.0. The number of piperazine rings is 1. The molecule has 29 heavy (non-hydrogen) atoms. The Morgan fingerprint density at radius 1 is 1.10 bits per heavy atom. The first kappa shape index (κ1) is 20.2. The quantitative estimate of drug-likeness (QED) is 0.434. The maximum atomic E-state index is 13.0. The first-order chi connectivity index (χ1) is 13.9. The number of hydrogen-bond acceptors (Lipinski definition) is 6. The van der Waals surface area contributed by atoms with E-state index < -0.39 is 10.9 Å². The fourth-order valence-corrected chi connectivity index (χ4v) is 3.27. The molecular formula is C20H20FN3O5. The molecule has 0 N–H and O–H groups in total. The smallest absolute Gasteiger partial charge is 0.340 e. The normalized spacial score (nSPS) is 13.9. The van der Waals surface area contributed by atoms with Crippen LogP contribution in [-0.4, -0.2) is 55.0 Å². The Hall–Kier alpha value is -3.49. The SMILES string of the molecule is COC(=O)c1cc([N+](=O)[O-])ccc1N1CCN(C(=O)Cc2ccc(F)cc2)CC1. The Balaban J connectivity index is 1.68. The zero-order valence-corrected chi connectivity index (χ0v) is 15.8. The Bertz CT molecular complexity index is 924. The van der Waals surface area contributed by atoms with E-state index in [1.165, 1.54) is 37.4 Å². The van der Waals surface area contributed by atoms with Crippen LogP contribution in [-0.2, 0) is 16.0 Å². The molecule has 9 heteroatoms. The number of halogens is 1. The molecule has 1 fully saturated rings. The molecule has 0 atom stereocenters. The predicted molar refractivity (Wildman–Crippen MR) is 103 cm³/mol. The van der Waals surface area contributed by atoms with Crippen molar-refractivity contribution >= 4 is 23.3 Å². The van der Waals surface area contributed by atoms with Gasteiger partial charge in [0.15, 0.2) is 0 Å². The van der Waals surface area contributed by atoms with Crippen molar-refractivity contribution < 1.29 is 23.6 Å². The Kier molecular flexibility index (Phi) is 6.06. The van der Waals surface area contributed by atoms with Gasteiger partial charge < -0.3 is 14.5 Å². The molecule has 0 spiro atoms. The molecular weight excluding hydrogens is 381 g/mol. The number of nitro benzene ring substituents is 1. The van der Waals surface area contributed by atoms with Crippen molar-refractivity contribution in [1.29, 1.82) is 0 Å². The molecule has 1 aliphatic rings. The summed E-state index contributed by atoms with van der Waals surface area (Å²) in [7, 11) is 1.22. The van der Waals surface area contributed by atoms with Gasteiger partial charge in [-0.3, -0.25) is 14.9 Å². The zero-order valence-electron chi connectivity index (χ0n) is 15.8. The number of carbonyl (C=O) groups is 2. The predicted octanol–water partition coefficient (Wildman–Crippen LogP) is 2.41. The topological polar surface area (TPSA) is 93.0 Å². The van der Waals surface area contributed by atoms with Crippen LogP contribution in [0.3, 0.4) is 0 Å². The van der Waals surface area contributed by atoms with Gasteiger partial charge in [0.05, 0.1) is 29.7 Å². The van der Waals surface area contributed by atoms with Gasteiger partial charge in [-0.05, 0) is 23.8 Å². The molecule has 1 amide bonds. The lowest BCUT2D eigenvalue weighted by Gasteiger charge is -2.36. The fourth-order valence-electron chi connectivity index (χ4n) is 3.27. The van der Waals surface area contributed by atoms with Gasteiger partial charge in [-0.2, -0.15) is 0 Å². The molecule has 8 nitrogen and oxygen atoms in total. The van der Waals surface area contributed by atoms with Crippen molar-refractivity contribution in [3.63, 3.8) is 0 Å². The summed E-state index contributed by atoms with van der Waals surface area (Å²) in [4.78, 5) is 38.6. The second kappa shape index (κ2) is 8.68. The number of carbonyl (C=O) groups excluding carboxylic acids is 2. The number of hydrogen-bond donors (Lipinski definition) is 0. The van der Waals surface area contributed by atoms with Crippen molar-refractivity contribution in [1.82, 2.24) is 4.90 Å². The highest BCUT2D eigenvalue weighted by Gasteiger charge is 2.26. The van der Waals surface area contributed by atoms with Gasteiger partial charge in [0.1, 0.15) is 5.82 Å². The van der Waals surface area contributed by atoms with Crippen LogP contribution in [0.4, 0.5) is 15.8 Å². The summed E-state index contributed by atoms with van der Waals surface area (Å²) in [5.74, 6) is -1.06. The van der Waals surface area contributed by atoms with Gasteiger partial charge in [-0.1, -0.05) is 12.1 Å². The molecule has 0 saturated carbocycles. The third-order valence-electron chi connectivity index (χ3n) is 4.84. The number of esters is 1. The van der Waals surface area contributed by atoms with Crippen LogP contribution in [0.5, 0.6) is 0 Å². The highest BCUT2D eigenvalue weighted by atomic mass is 19.1. The fraction of sp³-hybridized carbons (Fsp3) is 0.300. The van der Waals surface area contributed by atoms with Gasteiger partial charge >= 0.3 is 5.97 Å². The van der Waals surface area contributed by atoms with E-state index in [0.29, 0.717) is 31.9 Å². The van der Waals surface area contributed by atoms with Crippen LogP contribution >= 0.6 is 0 Å². The third-order valence-corrected chi connectivity index (χ3v) is 4.84. The molecule has 0 bridgehead atoms. The van der Waals surface area contributed by atoms with Gasteiger partial charge in [-0.15, -0.1) is 0 Å². The lowest BCUT2D eigenvalue weighted by molar-refractivity contribution is -0.384. The van der Waals surface area contributed by atoms with E-state index in [4.69, 9.17) is 4.74 Å². The molecule has 0 radical (unpaired) electrons. The Morgan fingerprint density at radius 2 is 1.76 bits per heavy atom. The van der Waals surface area contributed by atoms with Crippen molar-refractivity contribution in [2.24, 2.45) is 0 Å². The minimum atomic E-state index is -0.654.